The van der Waals surface area contributed by atoms with Crippen molar-refractivity contribution in [2.24, 2.45) is 0 Å². The maximum Gasteiger partial charge on any atom is 0.320 e. The van der Waals surface area contributed by atoms with Crippen molar-refractivity contribution in [2.45, 2.75) is 13.5 Å². The van der Waals surface area contributed by atoms with E-state index in [4.69, 9.17) is 0 Å². The number of aryl methyl sites for hydroxylation is 1. The summed E-state index contributed by atoms with van der Waals surface area (Å²) < 4.78 is 54.8. The number of nitrogens with zero attached hydrogens (tertiary/aromatic N) is 3. The predicted molar refractivity (Wildman–Crippen MR) is 101 cm³/mol. The summed E-state index contributed by atoms with van der Waals surface area (Å²) in [6.07, 6.45) is 0. The number of carbonyl (C=O) groups excluding carboxylic acids is 1. The van der Waals surface area contributed by atoms with E-state index in [1.165, 1.54) is 6.07 Å². The second kappa shape index (κ2) is 7.28. The Bertz CT molecular complexity index is 1210. The molecule has 0 unspecified atom stereocenters. The van der Waals surface area contributed by atoms with Crippen LogP contribution in [-0.4, -0.2) is 20.4 Å². The van der Waals surface area contributed by atoms with Crippen LogP contribution in [0.25, 0.3) is 21.7 Å². The summed E-state index contributed by atoms with van der Waals surface area (Å²) in [6, 6.07) is 8.91. The van der Waals surface area contributed by atoms with Crippen molar-refractivity contribution in [1.82, 2.24) is 14.5 Å². The fourth-order valence-corrected chi connectivity index (χ4v) is 3.86. The molecule has 0 aliphatic heterocycles. The Morgan fingerprint density at radius 1 is 1.10 bits per heavy atom. The van der Waals surface area contributed by atoms with Gasteiger partial charge in [0.05, 0.1) is 21.6 Å². The van der Waals surface area contributed by atoms with Crippen molar-refractivity contribution in [2.75, 3.05) is 5.32 Å². The van der Waals surface area contributed by atoms with Crippen LogP contribution in [0.1, 0.15) is 22.6 Å². The fraction of sp³-hybridized carbons (Fsp3) is 0.105. The highest BCUT2D eigenvalue weighted by Gasteiger charge is 2.23. The Morgan fingerprint density at radius 2 is 1.79 bits per heavy atom. The third kappa shape index (κ3) is 3.58. The number of benzene rings is 2. The molecule has 0 radical (unpaired) electrons. The fourth-order valence-electron chi connectivity index (χ4n) is 2.91. The van der Waals surface area contributed by atoms with Crippen molar-refractivity contribution in [3.63, 3.8) is 0 Å². The van der Waals surface area contributed by atoms with Gasteiger partial charge < -0.3 is 0 Å². The summed E-state index contributed by atoms with van der Waals surface area (Å²) in [6.45, 7) is -1.23. The van der Waals surface area contributed by atoms with Crippen molar-refractivity contribution in [3.05, 3.63) is 65.4 Å². The SMILES string of the molecule is Cc1nc(NC(=O)c2cc(F)cc(F)c2)sc1-c1nc2ccccc2n1C(F)F. The lowest BCUT2D eigenvalue weighted by atomic mass is 10.2. The average Bonchev–Trinajstić information content (AvgIpc) is 3.20. The van der Waals surface area contributed by atoms with E-state index in [1.807, 2.05) is 0 Å². The number of anilines is 1. The predicted octanol–water partition coefficient (Wildman–Crippen LogP) is 5.39. The molecule has 0 spiro atoms. The number of hydrogen-bond acceptors (Lipinski definition) is 4. The van der Waals surface area contributed by atoms with Crippen LogP contribution in [-0.2, 0) is 0 Å². The maximum absolute atomic E-state index is 13.7. The van der Waals surface area contributed by atoms with E-state index in [2.05, 4.69) is 15.3 Å². The van der Waals surface area contributed by atoms with E-state index in [0.29, 0.717) is 22.2 Å². The summed E-state index contributed by atoms with van der Waals surface area (Å²) in [5.41, 5.74) is 0.826. The smallest absolute Gasteiger partial charge is 0.298 e. The van der Waals surface area contributed by atoms with Crippen molar-refractivity contribution in [1.29, 1.82) is 0 Å². The molecule has 10 heteroatoms. The molecule has 0 atom stereocenters. The Hall–Kier alpha value is -3.27. The van der Waals surface area contributed by atoms with Crippen LogP contribution < -0.4 is 5.32 Å². The standard InChI is InChI=1S/C19H12F4N4OS/c1-9-15(16-25-13-4-2-3-5-14(13)27(16)18(22)23)29-19(24-9)26-17(28)10-6-11(20)8-12(21)7-10/h2-8,18H,1H3,(H,24,26,28). The first-order chi connectivity index (χ1) is 13.8. The summed E-state index contributed by atoms with van der Waals surface area (Å²) in [7, 11) is 0. The molecule has 2 heterocycles. The van der Waals surface area contributed by atoms with E-state index in [9.17, 15) is 22.4 Å². The van der Waals surface area contributed by atoms with Gasteiger partial charge >= 0.3 is 6.55 Å². The number of imidazole rings is 1. The molecule has 0 bridgehead atoms. The number of amides is 1. The van der Waals surface area contributed by atoms with Gasteiger partial charge in [0.15, 0.2) is 11.0 Å². The molecule has 0 saturated heterocycles. The van der Waals surface area contributed by atoms with Gasteiger partial charge in [0.2, 0.25) is 0 Å². The lowest BCUT2D eigenvalue weighted by molar-refractivity contribution is 0.0764. The van der Waals surface area contributed by atoms with E-state index >= 15 is 0 Å². The lowest BCUT2D eigenvalue weighted by Crippen LogP contribution is -2.12. The zero-order chi connectivity index (χ0) is 20.7. The normalized spacial score (nSPS) is 11.4. The first kappa shape index (κ1) is 19.1. The van der Waals surface area contributed by atoms with Gasteiger partial charge in [-0.15, -0.1) is 0 Å². The van der Waals surface area contributed by atoms with Gasteiger partial charge in [-0.05, 0) is 31.2 Å². The maximum atomic E-state index is 13.7. The molecular weight excluding hydrogens is 408 g/mol. The molecule has 2 aromatic heterocycles. The number of carbonyl (C=O) groups is 1. The Balaban J connectivity index is 1.71. The zero-order valence-electron chi connectivity index (χ0n) is 14.8. The summed E-state index contributed by atoms with van der Waals surface area (Å²) in [5.74, 6) is -2.53. The summed E-state index contributed by atoms with van der Waals surface area (Å²) in [5, 5.41) is 2.53. The monoisotopic (exact) mass is 420 g/mol. The van der Waals surface area contributed by atoms with Gasteiger partial charge in [-0.2, -0.15) is 8.78 Å². The minimum atomic E-state index is -2.83. The molecule has 1 amide bonds. The van der Waals surface area contributed by atoms with Gasteiger partial charge in [-0.3, -0.25) is 14.7 Å². The molecular formula is C19H12F4N4OS. The quantitative estimate of drug-likeness (QED) is 0.450. The summed E-state index contributed by atoms with van der Waals surface area (Å²) in [4.78, 5) is 21.1. The number of para-hydroxylation sites is 2. The molecule has 4 rings (SSSR count). The van der Waals surface area contributed by atoms with Crippen LogP contribution in [0.3, 0.4) is 0 Å². The van der Waals surface area contributed by atoms with Gasteiger partial charge in [-0.25, -0.2) is 18.7 Å². The summed E-state index contributed by atoms with van der Waals surface area (Å²) >= 11 is 0.944. The molecule has 0 aliphatic rings. The largest absolute Gasteiger partial charge is 0.320 e. The zero-order valence-corrected chi connectivity index (χ0v) is 15.6. The molecule has 148 valence electrons. The number of alkyl halides is 2. The second-order valence-electron chi connectivity index (χ2n) is 6.12. The highest BCUT2D eigenvalue weighted by molar-refractivity contribution is 7.19. The minimum absolute atomic E-state index is 0.0218. The van der Waals surface area contributed by atoms with Gasteiger partial charge in [-0.1, -0.05) is 23.5 Å². The van der Waals surface area contributed by atoms with Crippen molar-refractivity contribution in [3.8, 4) is 10.7 Å². The van der Waals surface area contributed by atoms with E-state index in [1.54, 1.807) is 25.1 Å². The molecule has 1 N–H and O–H groups in total. The number of nitrogens with one attached hydrogen (secondary N) is 1. The van der Waals surface area contributed by atoms with Crippen LogP contribution in [0.4, 0.5) is 22.7 Å². The second-order valence-corrected chi connectivity index (χ2v) is 7.12. The van der Waals surface area contributed by atoms with Crippen molar-refractivity contribution >= 4 is 33.4 Å². The highest BCUT2D eigenvalue weighted by atomic mass is 32.1. The van der Waals surface area contributed by atoms with Crippen LogP contribution in [0, 0.1) is 18.6 Å². The minimum Gasteiger partial charge on any atom is -0.298 e. The van der Waals surface area contributed by atoms with Crippen molar-refractivity contribution < 1.29 is 22.4 Å². The molecule has 2 aromatic carbocycles. The third-order valence-electron chi connectivity index (χ3n) is 4.14. The Labute approximate surface area is 165 Å². The molecule has 0 saturated carbocycles. The topological polar surface area (TPSA) is 59.8 Å². The molecule has 5 nitrogen and oxygen atoms in total. The van der Waals surface area contributed by atoms with E-state index in [-0.39, 0.29) is 22.0 Å². The molecule has 29 heavy (non-hydrogen) atoms. The molecule has 4 aromatic rings. The van der Waals surface area contributed by atoms with E-state index < -0.39 is 24.1 Å². The third-order valence-corrected chi connectivity index (χ3v) is 5.20. The van der Waals surface area contributed by atoms with Crippen LogP contribution in [0.5, 0.6) is 0 Å². The highest BCUT2D eigenvalue weighted by Crippen LogP contribution is 2.36. The number of aromatic nitrogens is 3. The van der Waals surface area contributed by atoms with Gasteiger partial charge in [0.25, 0.3) is 5.91 Å². The van der Waals surface area contributed by atoms with Gasteiger partial charge in [0.1, 0.15) is 11.6 Å². The molecule has 0 aliphatic carbocycles. The van der Waals surface area contributed by atoms with E-state index in [0.717, 1.165) is 28.0 Å². The lowest BCUT2D eigenvalue weighted by Gasteiger charge is -2.06. The van der Waals surface area contributed by atoms with Crippen LogP contribution in [0.2, 0.25) is 0 Å². The van der Waals surface area contributed by atoms with Crippen LogP contribution in [0.15, 0.2) is 42.5 Å². The Morgan fingerprint density at radius 3 is 2.48 bits per heavy atom. The number of hydrogen-bond donors (Lipinski definition) is 1. The first-order valence-corrected chi connectivity index (χ1v) is 9.15. The van der Waals surface area contributed by atoms with Gasteiger partial charge in [0, 0.05) is 11.6 Å². The van der Waals surface area contributed by atoms with Crippen LogP contribution >= 0.6 is 11.3 Å². The number of rotatable bonds is 4. The number of thiazole rings is 1. The average molecular weight is 420 g/mol. The number of halogens is 4. The molecule has 0 fully saturated rings. The first-order valence-electron chi connectivity index (χ1n) is 8.34. The Kier molecular flexibility index (Phi) is 4.79. The number of fused-ring (bicyclic) bond motifs is 1.